The van der Waals surface area contributed by atoms with Crippen molar-refractivity contribution in [3.63, 3.8) is 0 Å². The maximum Gasteiger partial charge on any atom is 0.268 e. The Kier molecular flexibility index (Phi) is 5.23. The molecule has 0 saturated carbocycles. The van der Waals surface area contributed by atoms with Gasteiger partial charge in [0.2, 0.25) is 0 Å². The topological polar surface area (TPSA) is 94.3 Å². The highest BCUT2D eigenvalue weighted by Gasteiger charge is 2.18. The highest BCUT2D eigenvalue weighted by atomic mass is 35.5. The zero-order chi connectivity index (χ0) is 16.3. The van der Waals surface area contributed by atoms with E-state index in [0.717, 1.165) is 11.3 Å². The van der Waals surface area contributed by atoms with Crippen LogP contribution in [-0.4, -0.2) is 22.9 Å². The highest BCUT2D eigenvalue weighted by Crippen LogP contribution is 2.32. The molecule has 1 unspecified atom stereocenters. The molecule has 9 heteroatoms. The minimum absolute atomic E-state index is 0.0896. The summed E-state index contributed by atoms with van der Waals surface area (Å²) in [6.07, 6.45) is -0.836. The van der Waals surface area contributed by atoms with Crippen molar-refractivity contribution in [3.05, 3.63) is 39.3 Å². The van der Waals surface area contributed by atoms with Crippen LogP contribution in [0.15, 0.2) is 23.6 Å². The van der Waals surface area contributed by atoms with Gasteiger partial charge in [0.1, 0.15) is 16.5 Å². The Morgan fingerprint density at radius 3 is 2.77 bits per heavy atom. The Labute approximate surface area is 140 Å². The first-order valence-electron chi connectivity index (χ1n) is 6.05. The first kappa shape index (κ1) is 16.5. The van der Waals surface area contributed by atoms with Gasteiger partial charge in [-0.15, -0.1) is 11.3 Å². The number of thiazole rings is 1. The summed E-state index contributed by atoms with van der Waals surface area (Å²) in [4.78, 5) is 26.9. The number of benzene rings is 1. The van der Waals surface area contributed by atoms with Crippen molar-refractivity contribution in [1.82, 2.24) is 4.98 Å². The fraction of sp³-hybridized carbons (Fsp3) is 0.154. The number of nitrogens with zero attached hydrogens (tertiary/aromatic N) is 1. The third-order valence-electron chi connectivity index (χ3n) is 2.58. The number of primary amides is 1. The van der Waals surface area contributed by atoms with Crippen LogP contribution < -0.4 is 15.8 Å². The van der Waals surface area contributed by atoms with Crippen LogP contribution in [0.2, 0.25) is 10.0 Å². The first-order valence-corrected chi connectivity index (χ1v) is 7.69. The lowest BCUT2D eigenvalue weighted by atomic mass is 10.3. The van der Waals surface area contributed by atoms with Gasteiger partial charge in [-0.05, 0) is 19.1 Å². The van der Waals surface area contributed by atoms with Gasteiger partial charge in [0.05, 0.1) is 5.02 Å². The number of aromatic nitrogens is 1. The van der Waals surface area contributed by atoms with Crippen LogP contribution in [0, 0.1) is 0 Å². The number of rotatable bonds is 5. The Morgan fingerprint density at radius 2 is 2.14 bits per heavy atom. The standard InChI is InChI=1S/C13H11Cl2N3O3S/c1-6(21-9-4-2-3-7(14)10(9)15)12(20)18-13-17-8(5-22-13)11(16)19/h2-6H,1H3,(H2,16,19)(H,17,18,20). The molecule has 0 aliphatic heterocycles. The number of halogens is 2. The average Bonchev–Trinajstić information content (AvgIpc) is 2.92. The van der Waals surface area contributed by atoms with Crippen LogP contribution in [0.3, 0.4) is 0 Å². The Balaban J connectivity index is 2.02. The molecular formula is C13H11Cl2N3O3S. The summed E-state index contributed by atoms with van der Waals surface area (Å²) in [6, 6.07) is 4.88. The summed E-state index contributed by atoms with van der Waals surface area (Å²) in [5.74, 6) is -0.804. The summed E-state index contributed by atoms with van der Waals surface area (Å²) >= 11 is 13.0. The molecule has 1 heterocycles. The number of hydrogen-bond acceptors (Lipinski definition) is 5. The maximum atomic E-state index is 12.0. The molecule has 22 heavy (non-hydrogen) atoms. The molecule has 0 saturated heterocycles. The summed E-state index contributed by atoms with van der Waals surface area (Å²) in [6.45, 7) is 1.55. The van der Waals surface area contributed by atoms with E-state index in [9.17, 15) is 9.59 Å². The van der Waals surface area contributed by atoms with Crippen molar-refractivity contribution in [2.45, 2.75) is 13.0 Å². The van der Waals surface area contributed by atoms with E-state index >= 15 is 0 Å². The fourth-order valence-corrected chi connectivity index (χ4v) is 2.51. The maximum absolute atomic E-state index is 12.0. The molecule has 3 N–H and O–H groups in total. The zero-order valence-corrected chi connectivity index (χ0v) is 13.6. The number of carbonyl (C=O) groups excluding carboxylic acids is 2. The Bertz CT molecular complexity index is 720. The molecule has 2 rings (SSSR count). The minimum Gasteiger partial charge on any atom is -0.479 e. The molecule has 0 fully saturated rings. The predicted octanol–water partition coefficient (Wildman–Crippen LogP) is 2.95. The number of ether oxygens (including phenoxy) is 1. The van der Waals surface area contributed by atoms with Crippen LogP contribution in [0.25, 0.3) is 0 Å². The van der Waals surface area contributed by atoms with Crippen molar-refractivity contribution in [2.75, 3.05) is 5.32 Å². The van der Waals surface area contributed by atoms with E-state index in [1.54, 1.807) is 25.1 Å². The molecule has 1 atom stereocenters. The van der Waals surface area contributed by atoms with Gasteiger partial charge >= 0.3 is 0 Å². The second-order valence-electron chi connectivity index (χ2n) is 4.20. The molecule has 0 aliphatic rings. The molecular weight excluding hydrogens is 349 g/mol. The van der Waals surface area contributed by atoms with E-state index in [0.29, 0.717) is 10.8 Å². The molecule has 2 aromatic rings. The highest BCUT2D eigenvalue weighted by molar-refractivity contribution is 7.14. The second kappa shape index (κ2) is 6.95. The van der Waals surface area contributed by atoms with Gasteiger partial charge in [-0.25, -0.2) is 4.98 Å². The molecule has 6 nitrogen and oxygen atoms in total. The average molecular weight is 360 g/mol. The Hall–Kier alpha value is -1.83. The van der Waals surface area contributed by atoms with E-state index in [-0.39, 0.29) is 15.8 Å². The molecule has 0 spiro atoms. The molecule has 0 bridgehead atoms. The van der Waals surface area contributed by atoms with E-state index in [1.807, 2.05) is 0 Å². The van der Waals surface area contributed by atoms with Crippen LogP contribution in [0.4, 0.5) is 5.13 Å². The zero-order valence-electron chi connectivity index (χ0n) is 11.3. The molecule has 1 aromatic heterocycles. The van der Waals surface area contributed by atoms with E-state index in [2.05, 4.69) is 10.3 Å². The van der Waals surface area contributed by atoms with Crippen LogP contribution in [-0.2, 0) is 4.79 Å². The third-order valence-corrected chi connectivity index (χ3v) is 4.14. The van der Waals surface area contributed by atoms with Gasteiger partial charge in [-0.1, -0.05) is 29.3 Å². The second-order valence-corrected chi connectivity index (χ2v) is 5.85. The lowest BCUT2D eigenvalue weighted by Crippen LogP contribution is -2.30. The normalized spacial score (nSPS) is 11.8. The van der Waals surface area contributed by atoms with Gasteiger partial charge < -0.3 is 10.5 Å². The quantitative estimate of drug-likeness (QED) is 0.857. The molecule has 0 aliphatic carbocycles. The summed E-state index contributed by atoms with van der Waals surface area (Å²) in [7, 11) is 0. The van der Waals surface area contributed by atoms with E-state index in [1.165, 1.54) is 5.38 Å². The minimum atomic E-state index is -0.836. The molecule has 1 aromatic carbocycles. The van der Waals surface area contributed by atoms with E-state index in [4.69, 9.17) is 33.7 Å². The number of anilines is 1. The van der Waals surface area contributed by atoms with Crippen molar-refractivity contribution in [3.8, 4) is 5.75 Å². The van der Waals surface area contributed by atoms with Gasteiger partial charge in [0.15, 0.2) is 11.2 Å². The van der Waals surface area contributed by atoms with Crippen molar-refractivity contribution in [2.24, 2.45) is 5.73 Å². The summed E-state index contributed by atoms with van der Waals surface area (Å²) in [5.41, 5.74) is 5.18. The monoisotopic (exact) mass is 359 g/mol. The van der Waals surface area contributed by atoms with Crippen molar-refractivity contribution < 1.29 is 14.3 Å². The predicted molar refractivity (Wildman–Crippen MR) is 85.8 cm³/mol. The number of nitrogens with one attached hydrogen (secondary N) is 1. The van der Waals surface area contributed by atoms with Crippen LogP contribution >= 0.6 is 34.5 Å². The number of amides is 2. The first-order chi connectivity index (χ1) is 10.4. The lowest BCUT2D eigenvalue weighted by Gasteiger charge is -2.15. The van der Waals surface area contributed by atoms with Crippen LogP contribution in [0.1, 0.15) is 17.4 Å². The van der Waals surface area contributed by atoms with Gasteiger partial charge in [-0.2, -0.15) is 0 Å². The largest absolute Gasteiger partial charge is 0.479 e. The smallest absolute Gasteiger partial charge is 0.268 e. The number of carbonyl (C=O) groups is 2. The fourth-order valence-electron chi connectivity index (χ4n) is 1.47. The van der Waals surface area contributed by atoms with Crippen LogP contribution in [0.5, 0.6) is 5.75 Å². The van der Waals surface area contributed by atoms with E-state index < -0.39 is 17.9 Å². The lowest BCUT2D eigenvalue weighted by molar-refractivity contribution is -0.122. The van der Waals surface area contributed by atoms with Gasteiger partial charge in [0.25, 0.3) is 11.8 Å². The van der Waals surface area contributed by atoms with Crippen molar-refractivity contribution in [1.29, 1.82) is 0 Å². The number of nitrogens with two attached hydrogens (primary N) is 1. The molecule has 2 amide bonds. The number of hydrogen-bond donors (Lipinski definition) is 2. The van der Waals surface area contributed by atoms with Crippen molar-refractivity contribution >= 4 is 51.5 Å². The molecule has 116 valence electrons. The molecule has 0 radical (unpaired) electrons. The summed E-state index contributed by atoms with van der Waals surface area (Å²) in [5, 5.41) is 4.80. The third kappa shape index (κ3) is 3.88. The van der Waals surface area contributed by atoms with Gasteiger partial charge in [-0.3, -0.25) is 14.9 Å². The SMILES string of the molecule is CC(Oc1cccc(Cl)c1Cl)C(=O)Nc1nc(C(N)=O)cs1. The summed E-state index contributed by atoms with van der Waals surface area (Å²) < 4.78 is 5.47. The Morgan fingerprint density at radius 1 is 1.41 bits per heavy atom. The van der Waals surface area contributed by atoms with Gasteiger partial charge in [0, 0.05) is 5.38 Å².